The number of carbonyl (C=O) groups is 3. The predicted molar refractivity (Wildman–Crippen MR) is 81.1 cm³/mol. The highest BCUT2D eigenvalue weighted by Gasteiger charge is 2.55. The first-order valence-corrected chi connectivity index (χ1v) is 7.66. The first-order chi connectivity index (χ1) is 10.4. The maximum absolute atomic E-state index is 12.8. The fourth-order valence-electron chi connectivity index (χ4n) is 3.57. The van der Waals surface area contributed by atoms with Crippen LogP contribution in [-0.2, 0) is 26.2 Å². The van der Waals surface area contributed by atoms with E-state index >= 15 is 0 Å². The van der Waals surface area contributed by atoms with Crippen molar-refractivity contribution in [1.29, 1.82) is 0 Å². The summed E-state index contributed by atoms with van der Waals surface area (Å²) in [6, 6.07) is 7.79. The first kappa shape index (κ1) is 14.8. The predicted octanol–water partition coefficient (Wildman–Crippen LogP) is 1.15. The fourth-order valence-corrected chi connectivity index (χ4v) is 3.57. The van der Waals surface area contributed by atoms with Gasteiger partial charge in [0.1, 0.15) is 6.54 Å². The highest BCUT2D eigenvalue weighted by molar-refractivity contribution is 6.11. The number of hydrogen-bond donors (Lipinski definition) is 1. The van der Waals surface area contributed by atoms with E-state index in [-0.39, 0.29) is 36.7 Å². The number of nitrogens with one attached hydrogen (secondary N) is 1. The van der Waals surface area contributed by atoms with Crippen LogP contribution in [0.3, 0.4) is 0 Å². The maximum Gasteiger partial charge on any atom is 0.240 e. The molecule has 1 aromatic carbocycles. The Labute approximate surface area is 129 Å². The highest BCUT2D eigenvalue weighted by Crippen LogP contribution is 2.46. The van der Waals surface area contributed by atoms with Gasteiger partial charge in [0.25, 0.3) is 0 Å². The number of carbonyl (C=O) groups excluding carboxylic acids is 3. The maximum atomic E-state index is 12.8. The van der Waals surface area contributed by atoms with Crippen LogP contribution in [0.25, 0.3) is 0 Å². The molecule has 1 aliphatic carbocycles. The van der Waals surface area contributed by atoms with Crippen molar-refractivity contribution in [2.24, 2.45) is 0 Å². The van der Waals surface area contributed by atoms with E-state index < -0.39 is 5.41 Å². The molecule has 1 N–H and O–H groups in total. The van der Waals surface area contributed by atoms with E-state index in [2.05, 4.69) is 5.32 Å². The molecule has 3 amide bonds. The second-order valence-corrected chi connectivity index (χ2v) is 6.42. The second-order valence-electron chi connectivity index (χ2n) is 6.42. The smallest absolute Gasteiger partial charge is 0.240 e. The van der Waals surface area contributed by atoms with Crippen molar-refractivity contribution in [2.75, 3.05) is 6.54 Å². The summed E-state index contributed by atoms with van der Waals surface area (Å²) in [5.41, 5.74) is 1.35. The summed E-state index contributed by atoms with van der Waals surface area (Å²) in [5, 5.41) is 2.72. The molecule has 0 unspecified atom stereocenters. The van der Waals surface area contributed by atoms with Crippen LogP contribution in [0.15, 0.2) is 24.3 Å². The summed E-state index contributed by atoms with van der Waals surface area (Å²) in [4.78, 5) is 38.2. The van der Waals surface area contributed by atoms with Gasteiger partial charge in [-0.05, 0) is 37.8 Å². The van der Waals surface area contributed by atoms with Crippen LogP contribution in [0.1, 0.15) is 37.8 Å². The quantitative estimate of drug-likeness (QED) is 0.852. The van der Waals surface area contributed by atoms with Gasteiger partial charge in [-0.3, -0.25) is 19.3 Å². The number of fused-ring (bicyclic) bond motifs is 2. The van der Waals surface area contributed by atoms with Gasteiger partial charge in [-0.15, -0.1) is 0 Å². The SMILES string of the molecule is CC(C)NC(=O)CN1C(=O)C[C@@]2(CCc3ccccc32)C1=O. The number of hydrogen-bond acceptors (Lipinski definition) is 3. The number of imide groups is 1. The highest BCUT2D eigenvalue weighted by atomic mass is 16.2. The molecular formula is C17H20N2O3. The average Bonchev–Trinajstić information content (AvgIpc) is 2.93. The van der Waals surface area contributed by atoms with Crippen LogP contribution in [0.4, 0.5) is 0 Å². The molecule has 0 aromatic heterocycles. The summed E-state index contributed by atoms with van der Waals surface area (Å²) in [5.74, 6) is -0.762. The van der Waals surface area contributed by atoms with Gasteiger partial charge in [0.15, 0.2) is 0 Å². The van der Waals surface area contributed by atoms with Crippen LogP contribution in [0, 0.1) is 0 Å². The number of amides is 3. The molecule has 1 atom stereocenters. The zero-order valence-electron chi connectivity index (χ0n) is 12.9. The third-order valence-corrected chi connectivity index (χ3v) is 4.51. The molecule has 3 rings (SSSR count). The van der Waals surface area contributed by atoms with Gasteiger partial charge in [0.2, 0.25) is 17.7 Å². The minimum atomic E-state index is -0.744. The summed E-state index contributed by atoms with van der Waals surface area (Å²) in [7, 11) is 0. The molecule has 1 heterocycles. The van der Waals surface area contributed by atoms with E-state index in [0.29, 0.717) is 6.42 Å². The molecule has 1 saturated heterocycles. The van der Waals surface area contributed by atoms with Crippen molar-refractivity contribution in [1.82, 2.24) is 10.2 Å². The monoisotopic (exact) mass is 300 g/mol. The van der Waals surface area contributed by atoms with E-state index in [0.717, 1.165) is 22.4 Å². The Morgan fingerprint density at radius 3 is 2.77 bits per heavy atom. The number of nitrogens with zero attached hydrogens (tertiary/aromatic N) is 1. The summed E-state index contributed by atoms with van der Waals surface area (Å²) >= 11 is 0. The van der Waals surface area contributed by atoms with Crippen molar-refractivity contribution in [3.8, 4) is 0 Å². The number of rotatable bonds is 3. The minimum absolute atomic E-state index is 0.0125. The van der Waals surface area contributed by atoms with Gasteiger partial charge < -0.3 is 5.32 Å². The molecule has 5 nitrogen and oxygen atoms in total. The van der Waals surface area contributed by atoms with Gasteiger partial charge >= 0.3 is 0 Å². The lowest BCUT2D eigenvalue weighted by atomic mass is 9.80. The Kier molecular flexibility index (Phi) is 3.51. The molecule has 116 valence electrons. The van der Waals surface area contributed by atoms with Crippen molar-refractivity contribution in [3.63, 3.8) is 0 Å². The topological polar surface area (TPSA) is 66.5 Å². The average molecular weight is 300 g/mol. The van der Waals surface area contributed by atoms with Crippen molar-refractivity contribution < 1.29 is 14.4 Å². The zero-order chi connectivity index (χ0) is 15.9. The molecule has 1 fully saturated rings. The molecule has 1 aromatic rings. The van der Waals surface area contributed by atoms with Gasteiger partial charge in [0, 0.05) is 12.5 Å². The Balaban J connectivity index is 1.85. The zero-order valence-corrected chi connectivity index (χ0v) is 12.9. The van der Waals surface area contributed by atoms with Crippen molar-refractivity contribution >= 4 is 17.7 Å². The Morgan fingerprint density at radius 2 is 2.05 bits per heavy atom. The first-order valence-electron chi connectivity index (χ1n) is 7.66. The summed E-state index contributed by atoms with van der Waals surface area (Å²) in [6.45, 7) is 3.51. The van der Waals surface area contributed by atoms with Gasteiger partial charge in [-0.1, -0.05) is 24.3 Å². The molecule has 1 spiro atoms. The van der Waals surface area contributed by atoms with E-state index in [1.807, 2.05) is 38.1 Å². The van der Waals surface area contributed by atoms with E-state index in [9.17, 15) is 14.4 Å². The molecule has 1 aliphatic heterocycles. The normalized spacial score (nSPS) is 23.5. The van der Waals surface area contributed by atoms with Crippen LogP contribution >= 0.6 is 0 Å². The number of benzene rings is 1. The van der Waals surface area contributed by atoms with Crippen molar-refractivity contribution in [3.05, 3.63) is 35.4 Å². The molecule has 2 aliphatic rings. The fraction of sp³-hybridized carbons (Fsp3) is 0.471. The van der Waals surface area contributed by atoms with Crippen molar-refractivity contribution in [2.45, 2.75) is 44.6 Å². The summed E-state index contributed by atoms with van der Waals surface area (Å²) in [6.07, 6.45) is 1.64. The molecule has 22 heavy (non-hydrogen) atoms. The van der Waals surface area contributed by atoms with Crippen LogP contribution < -0.4 is 5.32 Å². The largest absolute Gasteiger partial charge is 0.352 e. The molecule has 0 saturated carbocycles. The lowest BCUT2D eigenvalue weighted by molar-refractivity contribution is -0.143. The number of aryl methyl sites for hydroxylation is 1. The van der Waals surface area contributed by atoms with Gasteiger partial charge in [0.05, 0.1) is 5.41 Å². The van der Waals surface area contributed by atoms with Gasteiger partial charge in [-0.2, -0.15) is 0 Å². The van der Waals surface area contributed by atoms with E-state index in [1.54, 1.807) is 0 Å². The second kappa shape index (κ2) is 5.23. The van der Waals surface area contributed by atoms with Gasteiger partial charge in [-0.25, -0.2) is 0 Å². The third kappa shape index (κ3) is 2.21. The molecular weight excluding hydrogens is 280 g/mol. The van der Waals surface area contributed by atoms with Crippen LogP contribution in [-0.4, -0.2) is 35.2 Å². The molecule has 5 heteroatoms. The molecule has 0 radical (unpaired) electrons. The Bertz CT molecular complexity index is 653. The van der Waals surface area contributed by atoms with Crippen LogP contribution in [0.2, 0.25) is 0 Å². The minimum Gasteiger partial charge on any atom is -0.352 e. The van der Waals surface area contributed by atoms with E-state index in [4.69, 9.17) is 0 Å². The Morgan fingerprint density at radius 1 is 1.32 bits per heavy atom. The standard InChI is InChI=1S/C17H20N2O3/c1-11(2)18-14(20)10-19-15(21)9-17(16(19)22)8-7-12-5-3-4-6-13(12)17/h3-6,11H,7-10H2,1-2H3,(H,18,20)/t17-/m1/s1. The summed E-state index contributed by atoms with van der Waals surface area (Å²) < 4.78 is 0. The molecule has 0 bridgehead atoms. The van der Waals surface area contributed by atoms with Crippen LogP contribution in [0.5, 0.6) is 0 Å². The lowest BCUT2D eigenvalue weighted by Crippen LogP contribution is -2.44. The lowest BCUT2D eigenvalue weighted by Gasteiger charge is -2.22. The number of likely N-dealkylation sites (tertiary alicyclic amines) is 1. The Hall–Kier alpha value is -2.17. The van der Waals surface area contributed by atoms with E-state index in [1.165, 1.54) is 0 Å². The third-order valence-electron chi connectivity index (χ3n) is 4.51.